The van der Waals surface area contributed by atoms with Crippen LogP contribution in [-0.4, -0.2) is 24.5 Å². The van der Waals surface area contributed by atoms with Gasteiger partial charge in [-0.15, -0.1) is 9.83 Å². The van der Waals surface area contributed by atoms with Crippen molar-refractivity contribution in [2.45, 2.75) is 19.8 Å². The van der Waals surface area contributed by atoms with Crippen LogP contribution in [0.25, 0.3) is 5.69 Å². The van der Waals surface area contributed by atoms with Crippen molar-refractivity contribution in [3.05, 3.63) is 81.3 Å². The molecule has 11 nitrogen and oxygen atoms in total. The average molecular weight is 451 g/mol. The Hall–Kier alpha value is -3.62. The summed E-state index contributed by atoms with van der Waals surface area (Å²) in [5, 5.41) is 12.4. The number of H-pyrrole nitrogens is 2. The lowest BCUT2D eigenvalue weighted by Gasteiger charge is -2.14. The van der Waals surface area contributed by atoms with Crippen molar-refractivity contribution in [3.8, 4) is 17.5 Å². The molecule has 0 aliphatic heterocycles. The fourth-order valence-corrected chi connectivity index (χ4v) is 2.99. The zero-order valence-electron chi connectivity index (χ0n) is 15.4. The Balaban J connectivity index is 2.10. The molecule has 154 valence electrons. The molecular formula is C17H12Cl2N6O5. The number of nitriles is 1. The Kier molecular flexibility index (Phi) is 5.64. The first-order valence-corrected chi connectivity index (χ1v) is 9.05. The van der Waals surface area contributed by atoms with Crippen molar-refractivity contribution in [2.24, 2.45) is 0 Å². The van der Waals surface area contributed by atoms with E-state index in [2.05, 4.69) is 10.1 Å². The van der Waals surface area contributed by atoms with Crippen LogP contribution in [0.15, 0.2) is 37.5 Å². The molecule has 0 unspecified atom stereocenters. The molecule has 0 aliphatic rings. The Bertz CT molecular complexity index is 1400. The van der Waals surface area contributed by atoms with E-state index >= 15 is 0 Å². The highest BCUT2D eigenvalue weighted by Crippen LogP contribution is 2.35. The van der Waals surface area contributed by atoms with Crippen molar-refractivity contribution in [2.75, 3.05) is 0 Å². The zero-order valence-corrected chi connectivity index (χ0v) is 16.9. The normalized spacial score (nSPS) is 10.8. The van der Waals surface area contributed by atoms with Gasteiger partial charge >= 0.3 is 11.4 Å². The highest BCUT2D eigenvalue weighted by molar-refractivity contribution is 6.37. The molecule has 0 amide bonds. The van der Waals surface area contributed by atoms with Crippen LogP contribution in [0.1, 0.15) is 31.0 Å². The molecule has 13 heteroatoms. The molecule has 0 radical (unpaired) electrons. The quantitative estimate of drug-likeness (QED) is 0.597. The van der Waals surface area contributed by atoms with Gasteiger partial charge in [-0.25, -0.2) is 9.59 Å². The third-order valence-corrected chi connectivity index (χ3v) is 4.47. The number of benzene rings is 1. The molecule has 3 rings (SSSR count). The van der Waals surface area contributed by atoms with E-state index in [9.17, 15) is 19.2 Å². The fraction of sp³-hybridized carbons (Fsp3) is 0.176. The summed E-state index contributed by atoms with van der Waals surface area (Å²) in [6, 6.07) is 4.02. The first-order valence-electron chi connectivity index (χ1n) is 8.29. The second-order valence-corrected chi connectivity index (χ2v) is 7.10. The maximum Gasteiger partial charge on any atom is 0.361 e. The topological polar surface area (TPSA) is 156 Å². The van der Waals surface area contributed by atoms with Crippen LogP contribution >= 0.6 is 23.2 Å². The number of hydrogen-bond donors (Lipinski definition) is 2. The van der Waals surface area contributed by atoms with Crippen LogP contribution in [0.3, 0.4) is 0 Å². The number of halogens is 2. The van der Waals surface area contributed by atoms with Crippen LogP contribution < -0.4 is 27.3 Å². The van der Waals surface area contributed by atoms with Crippen LogP contribution in [0.5, 0.6) is 5.75 Å². The van der Waals surface area contributed by atoms with E-state index < -0.39 is 28.2 Å². The minimum Gasteiger partial charge on any atom is -0.368 e. The van der Waals surface area contributed by atoms with Gasteiger partial charge in [-0.3, -0.25) is 19.6 Å². The van der Waals surface area contributed by atoms with E-state index in [-0.39, 0.29) is 27.4 Å². The summed E-state index contributed by atoms with van der Waals surface area (Å²) in [6.45, 7) is 3.52. The number of aromatic nitrogens is 5. The van der Waals surface area contributed by atoms with E-state index in [0.717, 1.165) is 9.41 Å². The number of nitrogens with zero attached hydrogens (tertiary/aromatic N) is 4. The minimum absolute atomic E-state index is 0.0341. The van der Waals surface area contributed by atoms with Gasteiger partial charge in [0, 0.05) is 5.56 Å². The summed E-state index contributed by atoms with van der Waals surface area (Å²) in [5.74, 6) is -0.325. The Labute approximate surface area is 176 Å². The van der Waals surface area contributed by atoms with E-state index in [1.54, 1.807) is 19.9 Å². The summed E-state index contributed by atoms with van der Waals surface area (Å²) >= 11 is 12.4. The van der Waals surface area contributed by atoms with Crippen LogP contribution in [0.4, 0.5) is 0 Å². The first-order chi connectivity index (χ1) is 14.1. The van der Waals surface area contributed by atoms with Gasteiger partial charge in [-0.1, -0.05) is 37.0 Å². The fourth-order valence-electron chi connectivity index (χ4n) is 2.45. The summed E-state index contributed by atoms with van der Waals surface area (Å²) in [6.07, 6.45) is 1.22. The SMILES string of the molecule is CC(C)c1cn(Oc2c(Cl)cc(-n3nc(C#N)c(=O)[nH]c3=O)cc2Cl)c(=O)[nH]c1=O. The van der Waals surface area contributed by atoms with Gasteiger partial charge < -0.3 is 4.84 Å². The van der Waals surface area contributed by atoms with Gasteiger partial charge in [0.2, 0.25) is 5.69 Å². The summed E-state index contributed by atoms with van der Waals surface area (Å²) in [4.78, 5) is 57.0. The maximum absolute atomic E-state index is 12.1. The van der Waals surface area contributed by atoms with Crippen molar-refractivity contribution < 1.29 is 4.84 Å². The number of hydrogen-bond acceptors (Lipinski definition) is 7. The van der Waals surface area contributed by atoms with Gasteiger partial charge in [0.05, 0.1) is 21.9 Å². The molecule has 2 N–H and O–H groups in total. The molecule has 2 aromatic heterocycles. The van der Waals surface area contributed by atoms with Crippen LogP contribution in [-0.2, 0) is 0 Å². The lowest BCUT2D eigenvalue weighted by Crippen LogP contribution is -2.34. The third-order valence-electron chi connectivity index (χ3n) is 3.91. The average Bonchev–Trinajstić information content (AvgIpc) is 2.65. The molecule has 0 saturated carbocycles. The van der Waals surface area contributed by atoms with Crippen molar-refractivity contribution >= 4 is 23.2 Å². The molecule has 0 aliphatic carbocycles. The highest BCUT2D eigenvalue weighted by Gasteiger charge is 2.17. The molecule has 0 bridgehead atoms. The van der Waals surface area contributed by atoms with Gasteiger partial charge in [-0.2, -0.15) is 9.94 Å². The second-order valence-electron chi connectivity index (χ2n) is 6.29. The van der Waals surface area contributed by atoms with Gasteiger partial charge in [-0.05, 0) is 18.1 Å². The van der Waals surface area contributed by atoms with Crippen molar-refractivity contribution in [1.82, 2.24) is 24.5 Å². The maximum atomic E-state index is 12.1. The first kappa shape index (κ1) is 21.1. The molecule has 0 atom stereocenters. The van der Waals surface area contributed by atoms with Crippen molar-refractivity contribution in [3.63, 3.8) is 0 Å². The lowest BCUT2D eigenvalue weighted by atomic mass is 10.1. The zero-order chi connectivity index (χ0) is 22.2. The molecule has 0 saturated heterocycles. The number of aromatic amines is 2. The smallest absolute Gasteiger partial charge is 0.361 e. The van der Waals surface area contributed by atoms with Gasteiger partial charge in [0.25, 0.3) is 11.1 Å². The Morgan fingerprint density at radius 1 is 1.07 bits per heavy atom. The summed E-state index contributed by atoms with van der Waals surface area (Å²) in [7, 11) is 0. The molecule has 2 heterocycles. The van der Waals surface area contributed by atoms with E-state index in [1.165, 1.54) is 18.3 Å². The molecule has 1 aromatic carbocycles. The monoisotopic (exact) mass is 450 g/mol. The number of nitrogens with one attached hydrogen (secondary N) is 2. The van der Waals surface area contributed by atoms with Crippen LogP contribution in [0, 0.1) is 11.3 Å². The highest BCUT2D eigenvalue weighted by atomic mass is 35.5. The molecular weight excluding hydrogens is 439 g/mol. The minimum atomic E-state index is -0.936. The Morgan fingerprint density at radius 2 is 1.67 bits per heavy atom. The van der Waals surface area contributed by atoms with E-state index in [1.807, 2.05) is 4.98 Å². The van der Waals surface area contributed by atoms with E-state index in [0.29, 0.717) is 5.56 Å². The predicted molar refractivity (Wildman–Crippen MR) is 107 cm³/mol. The predicted octanol–water partition coefficient (Wildman–Crippen LogP) is 0.915. The van der Waals surface area contributed by atoms with Crippen molar-refractivity contribution in [1.29, 1.82) is 5.26 Å². The molecule has 0 fully saturated rings. The standard InChI is InChI=1S/C17H12Cl2N6O5/c1-7(2)9-6-24(16(28)21-14(9)26)30-13-10(18)3-8(4-11(13)19)25-17(29)22-15(27)12(5-20)23-25/h3-4,6-7H,1-2H3,(H,21,26,28)(H,22,27,29). The molecule has 3 aromatic rings. The summed E-state index contributed by atoms with van der Waals surface area (Å²) in [5.41, 5.74) is -3.45. The number of rotatable bonds is 4. The van der Waals surface area contributed by atoms with Gasteiger partial charge in [0.1, 0.15) is 6.07 Å². The summed E-state index contributed by atoms with van der Waals surface area (Å²) < 4.78 is 1.49. The van der Waals surface area contributed by atoms with Crippen LogP contribution in [0.2, 0.25) is 10.0 Å². The largest absolute Gasteiger partial charge is 0.368 e. The lowest BCUT2D eigenvalue weighted by molar-refractivity contribution is 0.198. The Morgan fingerprint density at radius 3 is 2.23 bits per heavy atom. The third kappa shape index (κ3) is 3.91. The van der Waals surface area contributed by atoms with Gasteiger partial charge in [0.15, 0.2) is 5.75 Å². The van der Waals surface area contributed by atoms with E-state index in [4.69, 9.17) is 33.3 Å². The molecule has 30 heavy (non-hydrogen) atoms. The second kappa shape index (κ2) is 8.02. The molecule has 0 spiro atoms.